The van der Waals surface area contributed by atoms with Gasteiger partial charge in [0.25, 0.3) is 0 Å². The van der Waals surface area contributed by atoms with E-state index in [1.807, 2.05) is 7.05 Å². The van der Waals surface area contributed by atoms with Crippen molar-refractivity contribution in [1.29, 1.82) is 0 Å². The van der Waals surface area contributed by atoms with Gasteiger partial charge in [-0.05, 0) is 27.3 Å². The number of hydrogen-bond donors (Lipinski definition) is 2. The normalized spacial score (nSPS) is 12.0. The first kappa shape index (κ1) is 19.7. The summed E-state index contributed by atoms with van der Waals surface area (Å²) in [6.07, 6.45) is 0.591. The van der Waals surface area contributed by atoms with Gasteiger partial charge in [-0.3, -0.25) is 9.59 Å². The molecule has 7 heteroatoms. The third-order valence-corrected chi connectivity index (χ3v) is 2.71. The Labute approximate surface area is 125 Å². The molecular weight excluding hydrogens is 276 g/mol. The van der Waals surface area contributed by atoms with Gasteiger partial charge in [0, 0.05) is 13.0 Å². The van der Waals surface area contributed by atoms with Crippen LogP contribution >= 0.6 is 0 Å². The van der Waals surface area contributed by atoms with Gasteiger partial charge in [-0.1, -0.05) is 0 Å². The molecule has 2 N–H and O–H groups in total. The van der Waals surface area contributed by atoms with Crippen molar-refractivity contribution in [3.8, 4) is 0 Å². The molecule has 0 heterocycles. The molecule has 122 valence electrons. The lowest BCUT2D eigenvalue weighted by Crippen LogP contribution is -2.41. The van der Waals surface area contributed by atoms with Crippen LogP contribution in [0.4, 0.5) is 0 Å². The first-order chi connectivity index (χ1) is 9.97. The predicted molar refractivity (Wildman–Crippen MR) is 78.1 cm³/mol. The number of carbonyl (C=O) groups is 3. The Morgan fingerprint density at radius 1 is 1.05 bits per heavy atom. The van der Waals surface area contributed by atoms with Crippen LogP contribution in [0.5, 0.6) is 0 Å². The van der Waals surface area contributed by atoms with E-state index >= 15 is 0 Å². The summed E-state index contributed by atoms with van der Waals surface area (Å²) in [4.78, 5) is 33.9. The van der Waals surface area contributed by atoms with E-state index in [-0.39, 0.29) is 30.5 Å². The summed E-state index contributed by atoms with van der Waals surface area (Å²) in [7, 11) is 1.84. The molecule has 7 nitrogen and oxygen atoms in total. The van der Waals surface area contributed by atoms with Crippen molar-refractivity contribution in [1.82, 2.24) is 10.6 Å². The molecule has 0 aliphatic carbocycles. The van der Waals surface area contributed by atoms with E-state index in [4.69, 9.17) is 9.47 Å². The second kappa shape index (κ2) is 12.4. The van der Waals surface area contributed by atoms with Crippen LogP contribution in [-0.2, 0) is 23.9 Å². The molecule has 1 amide bonds. The van der Waals surface area contributed by atoms with Crippen LogP contribution in [0.25, 0.3) is 0 Å². The molecule has 1 atom stereocenters. The van der Waals surface area contributed by atoms with E-state index in [1.165, 1.54) is 13.8 Å². The fourth-order valence-electron chi connectivity index (χ4n) is 1.52. The van der Waals surface area contributed by atoms with Crippen LogP contribution < -0.4 is 10.6 Å². The number of amides is 1. The maximum absolute atomic E-state index is 11.6. The lowest BCUT2D eigenvalue weighted by molar-refractivity contribution is -0.130. The Morgan fingerprint density at radius 3 is 2.29 bits per heavy atom. The lowest BCUT2D eigenvalue weighted by Gasteiger charge is -2.15. The van der Waals surface area contributed by atoms with Crippen molar-refractivity contribution in [2.24, 2.45) is 0 Å². The first-order valence-corrected chi connectivity index (χ1v) is 7.06. The predicted octanol–water partition coefficient (Wildman–Crippen LogP) is -0.318. The highest BCUT2D eigenvalue weighted by atomic mass is 16.5. The van der Waals surface area contributed by atoms with Gasteiger partial charge in [-0.15, -0.1) is 0 Å². The smallest absolute Gasteiger partial charge is 0.246 e. The maximum atomic E-state index is 11.6. The van der Waals surface area contributed by atoms with Crippen LogP contribution in [0.1, 0.15) is 26.7 Å². The average molecular weight is 302 g/mol. The number of rotatable bonds is 13. The number of ketones is 2. The molecule has 0 radical (unpaired) electrons. The van der Waals surface area contributed by atoms with Gasteiger partial charge in [-0.2, -0.15) is 0 Å². The second-order valence-corrected chi connectivity index (χ2v) is 4.74. The fourth-order valence-corrected chi connectivity index (χ4v) is 1.52. The van der Waals surface area contributed by atoms with E-state index in [9.17, 15) is 14.4 Å². The van der Waals surface area contributed by atoms with Gasteiger partial charge >= 0.3 is 0 Å². The lowest BCUT2D eigenvalue weighted by atomic mass is 10.1. The first-order valence-electron chi connectivity index (χ1n) is 7.06. The minimum atomic E-state index is -0.628. The van der Waals surface area contributed by atoms with Crippen LogP contribution in [0.2, 0.25) is 0 Å². The molecule has 0 aliphatic rings. The Kier molecular flexibility index (Phi) is 11.7. The molecule has 0 aromatic carbocycles. The summed E-state index contributed by atoms with van der Waals surface area (Å²) >= 11 is 0. The van der Waals surface area contributed by atoms with Crippen molar-refractivity contribution < 1.29 is 23.9 Å². The zero-order valence-electron chi connectivity index (χ0n) is 13.1. The zero-order valence-corrected chi connectivity index (χ0v) is 13.1. The molecule has 0 bridgehead atoms. The average Bonchev–Trinajstić information content (AvgIpc) is 2.41. The summed E-state index contributed by atoms with van der Waals surface area (Å²) in [6, 6.07) is -0.628. The fraction of sp³-hybridized carbons (Fsp3) is 0.786. The van der Waals surface area contributed by atoms with E-state index in [0.717, 1.165) is 6.54 Å². The molecular formula is C14H26N2O5. The second-order valence-electron chi connectivity index (χ2n) is 4.74. The number of likely N-dealkylation sites (N-methyl/N-ethyl adjacent to an activating group) is 1. The van der Waals surface area contributed by atoms with Crippen molar-refractivity contribution in [3.05, 3.63) is 0 Å². The largest absolute Gasteiger partial charge is 0.378 e. The van der Waals surface area contributed by atoms with Crippen LogP contribution in [-0.4, -0.2) is 63.5 Å². The van der Waals surface area contributed by atoms with Gasteiger partial charge in [-0.25, -0.2) is 0 Å². The number of Topliss-reactive ketones (excluding diaryl/α,β-unsaturated/α-hetero) is 2. The topological polar surface area (TPSA) is 93.7 Å². The Morgan fingerprint density at radius 2 is 1.71 bits per heavy atom. The quantitative estimate of drug-likeness (QED) is 0.453. The number of carbonyl (C=O) groups excluding carboxylic acids is 3. The summed E-state index contributed by atoms with van der Waals surface area (Å²) in [5.74, 6) is -0.542. The summed E-state index contributed by atoms with van der Waals surface area (Å²) in [5.41, 5.74) is 0. The van der Waals surface area contributed by atoms with Crippen molar-refractivity contribution in [2.45, 2.75) is 32.7 Å². The monoisotopic (exact) mass is 302 g/mol. The highest BCUT2D eigenvalue weighted by molar-refractivity contribution is 5.88. The molecule has 0 fully saturated rings. The van der Waals surface area contributed by atoms with E-state index in [0.29, 0.717) is 26.2 Å². The van der Waals surface area contributed by atoms with E-state index in [1.54, 1.807) is 0 Å². The van der Waals surface area contributed by atoms with Crippen molar-refractivity contribution in [2.75, 3.05) is 40.0 Å². The maximum Gasteiger partial charge on any atom is 0.246 e. The highest BCUT2D eigenvalue weighted by Crippen LogP contribution is 2.00. The number of ether oxygens (including phenoxy) is 2. The molecule has 0 aromatic rings. The molecule has 0 spiro atoms. The zero-order chi connectivity index (χ0) is 16.1. The van der Waals surface area contributed by atoms with Crippen LogP contribution in [0.3, 0.4) is 0 Å². The summed E-state index contributed by atoms with van der Waals surface area (Å²) < 4.78 is 10.4. The minimum absolute atomic E-state index is 0.00883. The van der Waals surface area contributed by atoms with Gasteiger partial charge in [0.15, 0.2) is 5.78 Å². The Balaban J connectivity index is 3.78. The van der Waals surface area contributed by atoms with Gasteiger partial charge < -0.3 is 24.9 Å². The number of hydrogen-bond acceptors (Lipinski definition) is 6. The van der Waals surface area contributed by atoms with Gasteiger partial charge in [0.05, 0.1) is 25.9 Å². The van der Waals surface area contributed by atoms with Gasteiger partial charge in [0.2, 0.25) is 5.91 Å². The molecule has 0 rings (SSSR count). The van der Waals surface area contributed by atoms with Crippen molar-refractivity contribution >= 4 is 17.5 Å². The SMILES string of the molecule is CNCCOCCOCC(=O)NC(CCC(C)=O)C(C)=O. The van der Waals surface area contributed by atoms with Gasteiger partial charge in [0.1, 0.15) is 12.4 Å². The summed E-state index contributed by atoms with van der Waals surface area (Å²) in [6.45, 7) is 4.79. The molecule has 0 aliphatic heterocycles. The molecule has 0 saturated heterocycles. The Hall–Kier alpha value is -1.31. The Bertz CT molecular complexity index is 333. The van der Waals surface area contributed by atoms with E-state index < -0.39 is 6.04 Å². The molecule has 21 heavy (non-hydrogen) atoms. The minimum Gasteiger partial charge on any atom is -0.378 e. The van der Waals surface area contributed by atoms with Crippen LogP contribution in [0, 0.1) is 0 Å². The third kappa shape index (κ3) is 12.2. The third-order valence-electron chi connectivity index (χ3n) is 2.71. The van der Waals surface area contributed by atoms with Crippen molar-refractivity contribution in [3.63, 3.8) is 0 Å². The molecule has 0 aromatic heterocycles. The number of nitrogens with one attached hydrogen (secondary N) is 2. The standard InChI is InChI=1S/C14H26N2O5/c1-11(17)4-5-13(12(2)18)16-14(19)10-21-9-8-20-7-6-15-3/h13,15H,4-10H2,1-3H3,(H,16,19). The highest BCUT2D eigenvalue weighted by Gasteiger charge is 2.17. The summed E-state index contributed by atoms with van der Waals surface area (Å²) in [5, 5.41) is 5.51. The van der Waals surface area contributed by atoms with Crippen LogP contribution in [0.15, 0.2) is 0 Å². The molecule has 0 saturated carbocycles. The molecule has 1 unspecified atom stereocenters. The van der Waals surface area contributed by atoms with E-state index in [2.05, 4.69) is 10.6 Å².